The van der Waals surface area contributed by atoms with Crippen molar-refractivity contribution in [1.29, 1.82) is 0 Å². The summed E-state index contributed by atoms with van der Waals surface area (Å²) in [6.45, 7) is -0.226. The summed E-state index contributed by atoms with van der Waals surface area (Å²) in [5, 5.41) is 23.8. The highest BCUT2D eigenvalue weighted by Crippen LogP contribution is 2.37. The van der Waals surface area contributed by atoms with Gasteiger partial charge in [-0.3, -0.25) is 35.2 Å². The standard InChI is InChI=1S/C23H15BrN4O7/c24-16-10-15(11-19-22(29)25-26(23(19)30)17-6-2-1-3-7-17)21(20(12-16)28(33)34)35-13-14-5-4-8-18(9-14)27(31)32/h1-12H,13H2,(H,25,29)/b19-11-. The van der Waals surface area contributed by atoms with E-state index in [4.69, 9.17) is 4.74 Å². The van der Waals surface area contributed by atoms with Crippen LogP contribution in [0.25, 0.3) is 6.08 Å². The third-order valence-corrected chi connectivity index (χ3v) is 5.43. The van der Waals surface area contributed by atoms with Gasteiger partial charge in [-0.05, 0) is 29.8 Å². The lowest BCUT2D eigenvalue weighted by Gasteiger charge is -2.14. The molecule has 0 aliphatic carbocycles. The van der Waals surface area contributed by atoms with Gasteiger partial charge >= 0.3 is 5.69 Å². The Hall–Kier alpha value is -4.58. The van der Waals surface area contributed by atoms with Crippen LogP contribution in [-0.4, -0.2) is 21.7 Å². The molecule has 1 saturated heterocycles. The smallest absolute Gasteiger partial charge is 0.312 e. The zero-order valence-corrected chi connectivity index (χ0v) is 19.3. The van der Waals surface area contributed by atoms with Gasteiger partial charge in [0.1, 0.15) is 12.2 Å². The molecule has 0 unspecified atom stereocenters. The van der Waals surface area contributed by atoms with Gasteiger partial charge < -0.3 is 4.74 Å². The summed E-state index contributed by atoms with van der Waals surface area (Å²) in [6.07, 6.45) is 1.21. The lowest BCUT2D eigenvalue weighted by Crippen LogP contribution is -2.35. The maximum atomic E-state index is 12.9. The number of para-hydroxylation sites is 1. The molecule has 1 aliphatic rings. The van der Waals surface area contributed by atoms with Gasteiger partial charge in [-0.15, -0.1) is 0 Å². The van der Waals surface area contributed by atoms with Crippen LogP contribution in [0, 0.1) is 20.2 Å². The average molecular weight is 539 g/mol. The van der Waals surface area contributed by atoms with Crippen LogP contribution in [0.2, 0.25) is 0 Å². The van der Waals surface area contributed by atoms with Crippen molar-refractivity contribution in [2.45, 2.75) is 6.61 Å². The zero-order valence-electron chi connectivity index (χ0n) is 17.7. The van der Waals surface area contributed by atoms with Crippen molar-refractivity contribution in [3.63, 3.8) is 0 Å². The fraction of sp³-hybridized carbons (Fsp3) is 0.0435. The second kappa shape index (κ2) is 9.73. The molecule has 1 aliphatic heterocycles. The molecule has 0 saturated carbocycles. The van der Waals surface area contributed by atoms with Crippen molar-refractivity contribution in [1.82, 2.24) is 5.43 Å². The van der Waals surface area contributed by atoms with Crippen LogP contribution in [0.15, 0.2) is 76.8 Å². The van der Waals surface area contributed by atoms with E-state index in [0.717, 1.165) is 5.01 Å². The number of carbonyl (C=O) groups excluding carboxylic acids is 2. The Kier molecular flexibility index (Phi) is 6.55. The van der Waals surface area contributed by atoms with E-state index in [1.54, 1.807) is 36.4 Å². The number of benzene rings is 3. The summed E-state index contributed by atoms with van der Waals surface area (Å²) in [5.74, 6) is -1.53. The maximum Gasteiger partial charge on any atom is 0.312 e. The Morgan fingerprint density at radius 2 is 1.71 bits per heavy atom. The molecule has 11 nitrogen and oxygen atoms in total. The molecular formula is C23H15BrN4O7. The number of amides is 2. The number of ether oxygens (including phenoxy) is 1. The van der Waals surface area contributed by atoms with Crippen LogP contribution in [0.3, 0.4) is 0 Å². The Morgan fingerprint density at radius 3 is 2.40 bits per heavy atom. The molecule has 4 rings (SSSR count). The molecule has 1 N–H and O–H groups in total. The highest BCUT2D eigenvalue weighted by molar-refractivity contribution is 9.10. The number of nitro groups is 2. The van der Waals surface area contributed by atoms with Crippen LogP contribution < -0.4 is 15.2 Å². The van der Waals surface area contributed by atoms with E-state index < -0.39 is 27.3 Å². The Balaban J connectivity index is 1.72. The number of rotatable bonds is 7. The molecule has 3 aromatic rings. The summed E-state index contributed by atoms with van der Waals surface area (Å²) >= 11 is 3.21. The summed E-state index contributed by atoms with van der Waals surface area (Å²) < 4.78 is 6.03. The Morgan fingerprint density at radius 1 is 0.971 bits per heavy atom. The molecule has 0 aromatic heterocycles. The predicted molar refractivity (Wildman–Crippen MR) is 128 cm³/mol. The van der Waals surface area contributed by atoms with Gasteiger partial charge in [0.05, 0.1) is 15.5 Å². The normalized spacial score (nSPS) is 14.2. The number of non-ortho nitro benzene ring substituents is 1. The summed E-state index contributed by atoms with van der Waals surface area (Å²) in [7, 11) is 0. The van der Waals surface area contributed by atoms with E-state index in [0.29, 0.717) is 15.7 Å². The molecule has 35 heavy (non-hydrogen) atoms. The van der Waals surface area contributed by atoms with Gasteiger partial charge in [0.25, 0.3) is 17.5 Å². The molecule has 2 amide bonds. The fourth-order valence-electron chi connectivity index (χ4n) is 3.39. The minimum absolute atomic E-state index is 0.102. The van der Waals surface area contributed by atoms with Crippen molar-refractivity contribution < 1.29 is 24.2 Å². The van der Waals surface area contributed by atoms with E-state index in [2.05, 4.69) is 21.4 Å². The van der Waals surface area contributed by atoms with Crippen LogP contribution in [0.1, 0.15) is 11.1 Å². The molecular weight excluding hydrogens is 524 g/mol. The number of hydrogen-bond donors (Lipinski definition) is 1. The largest absolute Gasteiger partial charge is 0.482 e. The van der Waals surface area contributed by atoms with Crippen molar-refractivity contribution in [3.8, 4) is 5.75 Å². The summed E-state index contributed by atoms with van der Waals surface area (Å²) in [4.78, 5) is 47.0. The van der Waals surface area contributed by atoms with Crippen LogP contribution in [0.5, 0.6) is 5.75 Å². The van der Waals surface area contributed by atoms with Gasteiger partial charge in [-0.2, -0.15) is 0 Å². The first kappa shape index (κ1) is 23.6. The van der Waals surface area contributed by atoms with E-state index in [1.165, 1.54) is 36.4 Å². The van der Waals surface area contributed by atoms with Crippen LogP contribution in [-0.2, 0) is 16.2 Å². The molecule has 1 fully saturated rings. The van der Waals surface area contributed by atoms with Gasteiger partial charge in [-0.1, -0.05) is 46.3 Å². The monoisotopic (exact) mass is 538 g/mol. The van der Waals surface area contributed by atoms with Crippen molar-refractivity contribution in [2.24, 2.45) is 0 Å². The van der Waals surface area contributed by atoms with Gasteiger partial charge in [0.2, 0.25) is 5.75 Å². The molecule has 0 bridgehead atoms. The van der Waals surface area contributed by atoms with E-state index >= 15 is 0 Å². The molecule has 0 atom stereocenters. The van der Waals surface area contributed by atoms with Gasteiger partial charge in [0.15, 0.2) is 0 Å². The topological polar surface area (TPSA) is 145 Å². The molecule has 12 heteroatoms. The quantitative estimate of drug-likeness (QED) is 0.204. The molecule has 1 heterocycles. The number of nitrogens with one attached hydrogen (secondary N) is 1. The van der Waals surface area contributed by atoms with Gasteiger partial charge in [0, 0.05) is 28.2 Å². The molecule has 3 aromatic carbocycles. The SMILES string of the molecule is O=C1NN(c2ccccc2)C(=O)/C1=C\c1cc(Br)cc([N+](=O)[O-])c1OCc1cccc([N+](=O)[O-])c1. The summed E-state index contributed by atoms with van der Waals surface area (Å²) in [5.41, 5.74) is 2.59. The third kappa shape index (κ3) is 5.01. The minimum atomic E-state index is -0.689. The first-order chi connectivity index (χ1) is 16.7. The molecule has 176 valence electrons. The molecule has 0 spiro atoms. The van der Waals surface area contributed by atoms with E-state index in [9.17, 15) is 29.8 Å². The number of anilines is 1. The number of nitrogens with zero attached hydrogens (tertiary/aromatic N) is 3. The minimum Gasteiger partial charge on any atom is -0.482 e. The third-order valence-electron chi connectivity index (χ3n) is 4.97. The lowest BCUT2D eigenvalue weighted by atomic mass is 10.1. The molecule has 0 radical (unpaired) electrons. The lowest BCUT2D eigenvalue weighted by molar-refractivity contribution is -0.386. The van der Waals surface area contributed by atoms with Crippen LogP contribution in [0.4, 0.5) is 17.1 Å². The fourth-order valence-corrected chi connectivity index (χ4v) is 3.85. The number of hydrazine groups is 1. The second-order valence-corrected chi connectivity index (χ2v) is 8.21. The van der Waals surface area contributed by atoms with Gasteiger partial charge in [-0.25, -0.2) is 5.01 Å². The van der Waals surface area contributed by atoms with E-state index in [-0.39, 0.29) is 29.2 Å². The van der Waals surface area contributed by atoms with Crippen LogP contribution >= 0.6 is 15.9 Å². The van der Waals surface area contributed by atoms with Crippen molar-refractivity contribution in [2.75, 3.05) is 5.01 Å². The predicted octanol–water partition coefficient (Wildman–Crippen LogP) is 4.31. The Labute approximate surface area is 206 Å². The zero-order chi connectivity index (χ0) is 25.1. The van der Waals surface area contributed by atoms with Crippen molar-refractivity contribution >= 4 is 50.9 Å². The number of halogens is 1. The first-order valence-electron chi connectivity index (χ1n) is 10.0. The maximum absolute atomic E-state index is 12.9. The summed E-state index contributed by atoms with van der Waals surface area (Å²) in [6, 6.07) is 16.8. The average Bonchev–Trinajstić information content (AvgIpc) is 3.12. The number of carbonyl (C=O) groups is 2. The highest BCUT2D eigenvalue weighted by Gasteiger charge is 2.35. The Bertz CT molecular complexity index is 1390. The van der Waals surface area contributed by atoms with E-state index in [1.807, 2.05) is 0 Å². The number of hydrogen-bond acceptors (Lipinski definition) is 7. The first-order valence-corrected chi connectivity index (χ1v) is 10.8. The highest BCUT2D eigenvalue weighted by atomic mass is 79.9. The number of nitro benzene ring substituents is 2. The second-order valence-electron chi connectivity index (χ2n) is 7.29. The van der Waals surface area contributed by atoms with Crippen molar-refractivity contribution in [3.05, 3.63) is 108 Å².